The fourth-order valence-electron chi connectivity index (χ4n) is 4.35. The zero-order valence-corrected chi connectivity index (χ0v) is 19.4. The van der Waals surface area contributed by atoms with Crippen molar-refractivity contribution in [2.45, 2.75) is 19.3 Å². The van der Waals surface area contributed by atoms with Crippen molar-refractivity contribution >= 4 is 56.3 Å². The number of carboxylic acid groups (broad SMARTS) is 1. The Kier molecular flexibility index (Phi) is 6.12. The summed E-state index contributed by atoms with van der Waals surface area (Å²) < 4.78 is 1.16. The highest BCUT2D eigenvalue weighted by Crippen LogP contribution is 2.47. The van der Waals surface area contributed by atoms with Gasteiger partial charge in [0.25, 0.3) is 0 Å². The summed E-state index contributed by atoms with van der Waals surface area (Å²) in [5, 5.41) is 9.70. The fourth-order valence-corrected chi connectivity index (χ4v) is 5.25. The number of nitrogens with zero attached hydrogens (tertiary/aromatic N) is 1. The van der Waals surface area contributed by atoms with Crippen LogP contribution in [-0.2, 0) is 4.79 Å². The molecule has 0 unspecified atom stereocenters. The van der Waals surface area contributed by atoms with E-state index in [0.717, 1.165) is 62.0 Å². The summed E-state index contributed by atoms with van der Waals surface area (Å²) in [5.41, 5.74) is 9.42. The third-order valence-electron chi connectivity index (χ3n) is 6.18. The maximum absolute atomic E-state index is 10.9. The lowest BCUT2D eigenvalue weighted by Crippen LogP contribution is -2.15. The summed E-state index contributed by atoms with van der Waals surface area (Å²) in [6, 6.07) is 22.6. The zero-order valence-electron chi connectivity index (χ0n) is 17.9. The Hall–Kier alpha value is -3.21. The van der Waals surface area contributed by atoms with E-state index in [0.29, 0.717) is 5.92 Å². The molecule has 0 aliphatic heterocycles. The first-order valence-corrected chi connectivity index (χ1v) is 12.2. The predicted octanol–water partition coefficient (Wildman–Crippen LogP) is 7.81. The molecular formula is C28H22ClNO2S. The number of aliphatic carboxylic acids is 1. The Labute approximate surface area is 201 Å². The maximum atomic E-state index is 10.9. The standard InChI is InChI=1S/C28H22ClNO2S/c29-23-7-2-1-6-22(23)28(19-4-3-5-19)27(21-13-14-25-24(16-21)30-17-33-25)20-11-8-18(9-12-20)10-15-26(31)32/h1-2,6-17,19H,3-5H2,(H,31,32)/b15-10+,28-27+. The second-order valence-corrected chi connectivity index (χ2v) is 9.52. The molecule has 4 aromatic rings. The summed E-state index contributed by atoms with van der Waals surface area (Å²) in [6.07, 6.45) is 6.27. The van der Waals surface area contributed by atoms with Gasteiger partial charge < -0.3 is 5.11 Å². The van der Waals surface area contributed by atoms with E-state index >= 15 is 0 Å². The molecule has 1 heterocycles. The van der Waals surface area contributed by atoms with Gasteiger partial charge in [0.15, 0.2) is 0 Å². The van der Waals surface area contributed by atoms with Crippen LogP contribution in [0.15, 0.2) is 78.3 Å². The lowest BCUT2D eigenvalue weighted by atomic mass is 9.73. The Balaban J connectivity index is 1.74. The molecule has 3 aromatic carbocycles. The van der Waals surface area contributed by atoms with Crippen LogP contribution in [0.5, 0.6) is 0 Å². The van der Waals surface area contributed by atoms with Crippen LogP contribution in [-0.4, -0.2) is 16.1 Å². The number of thiazole rings is 1. The number of aromatic nitrogens is 1. The molecule has 1 aliphatic rings. The summed E-state index contributed by atoms with van der Waals surface area (Å²) in [7, 11) is 0. The third-order valence-corrected chi connectivity index (χ3v) is 7.32. The van der Waals surface area contributed by atoms with Crippen LogP contribution < -0.4 is 0 Å². The van der Waals surface area contributed by atoms with E-state index < -0.39 is 5.97 Å². The van der Waals surface area contributed by atoms with E-state index in [-0.39, 0.29) is 0 Å². The Morgan fingerprint density at radius 2 is 1.79 bits per heavy atom. The Morgan fingerprint density at radius 3 is 2.48 bits per heavy atom. The fraction of sp³-hybridized carbons (Fsp3) is 0.143. The largest absolute Gasteiger partial charge is 0.478 e. The first-order chi connectivity index (χ1) is 16.1. The van der Waals surface area contributed by atoms with Crippen LogP contribution in [0, 0.1) is 5.92 Å². The molecule has 1 aromatic heterocycles. The summed E-state index contributed by atoms with van der Waals surface area (Å²) in [5.74, 6) is -0.514. The topological polar surface area (TPSA) is 50.2 Å². The molecule has 164 valence electrons. The van der Waals surface area contributed by atoms with Gasteiger partial charge in [0.2, 0.25) is 0 Å². The van der Waals surface area contributed by atoms with Crippen LogP contribution in [0.1, 0.15) is 41.5 Å². The van der Waals surface area contributed by atoms with E-state index in [9.17, 15) is 4.79 Å². The maximum Gasteiger partial charge on any atom is 0.328 e. The van der Waals surface area contributed by atoms with E-state index in [1.54, 1.807) is 17.4 Å². The van der Waals surface area contributed by atoms with Crippen molar-refractivity contribution in [2.24, 2.45) is 5.92 Å². The third kappa shape index (κ3) is 4.50. The quantitative estimate of drug-likeness (QED) is 0.230. The molecule has 1 aliphatic carbocycles. The van der Waals surface area contributed by atoms with Gasteiger partial charge in [0.1, 0.15) is 0 Å². The van der Waals surface area contributed by atoms with Gasteiger partial charge in [-0.25, -0.2) is 9.78 Å². The molecule has 1 fully saturated rings. The minimum atomic E-state index is -0.956. The smallest absolute Gasteiger partial charge is 0.328 e. The second-order valence-electron chi connectivity index (χ2n) is 8.22. The average Bonchev–Trinajstić information content (AvgIpc) is 3.25. The molecule has 1 N–H and O–H groups in total. The van der Waals surface area contributed by atoms with Crippen molar-refractivity contribution in [3.05, 3.63) is 106 Å². The molecule has 1 saturated carbocycles. The van der Waals surface area contributed by atoms with Gasteiger partial charge in [-0.1, -0.05) is 66.6 Å². The normalized spacial score (nSPS) is 14.9. The number of hydrogen-bond acceptors (Lipinski definition) is 3. The highest BCUT2D eigenvalue weighted by atomic mass is 35.5. The molecule has 3 nitrogen and oxygen atoms in total. The van der Waals surface area contributed by atoms with Gasteiger partial charge in [-0.3, -0.25) is 0 Å². The SMILES string of the molecule is O=C(O)/C=C/c1ccc(/C(=C(\c2ccccc2Cl)C2CCC2)c2ccc3scnc3c2)cc1. The lowest BCUT2D eigenvalue weighted by Gasteiger charge is -2.32. The molecule has 0 radical (unpaired) electrons. The molecule has 0 saturated heterocycles. The number of hydrogen-bond donors (Lipinski definition) is 1. The lowest BCUT2D eigenvalue weighted by molar-refractivity contribution is -0.131. The molecule has 5 heteroatoms. The highest BCUT2D eigenvalue weighted by molar-refractivity contribution is 7.16. The number of benzene rings is 3. The van der Waals surface area contributed by atoms with Gasteiger partial charge in [-0.05, 0) is 76.4 Å². The number of rotatable bonds is 6. The molecule has 0 spiro atoms. The van der Waals surface area contributed by atoms with Crippen molar-refractivity contribution in [2.75, 3.05) is 0 Å². The van der Waals surface area contributed by atoms with Crippen LogP contribution >= 0.6 is 22.9 Å². The molecule has 0 bridgehead atoms. The minimum absolute atomic E-state index is 0.442. The van der Waals surface area contributed by atoms with Crippen LogP contribution in [0.3, 0.4) is 0 Å². The van der Waals surface area contributed by atoms with Gasteiger partial charge >= 0.3 is 5.97 Å². The molecular weight excluding hydrogens is 450 g/mol. The molecule has 5 rings (SSSR count). The number of carboxylic acids is 1. The Bertz CT molecular complexity index is 1380. The number of carbonyl (C=O) groups is 1. The van der Waals surface area contributed by atoms with Crippen molar-refractivity contribution in [3.63, 3.8) is 0 Å². The van der Waals surface area contributed by atoms with E-state index in [4.69, 9.17) is 16.7 Å². The van der Waals surface area contributed by atoms with Crippen molar-refractivity contribution in [3.8, 4) is 0 Å². The van der Waals surface area contributed by atoms with Crippen LogP contribution in [0.25, 0.3) is 27.4 Å². The van der Waals surface area contributed by atoms with Crippen LogP contribution in [0.4, 0.5) is 0 Å². The summed E-state index contributed by atoms with van der Waals surface area (Å²) >= 11 is 8.37. The van der Waals surface area contributed by atoms with Crippen LogP contribution in [0.2, 0.25) is 5.02 Å². The highest BCUT2D eigenvalue weighted by Gasteiger charge is 2.28. The van der Waals surface area contributed by atoms with E-state index in [1.807, 2.05) is 35.8 Å². The average molecular weight is 472 g/mol. The van der Waals surface area contributed by atoms with E-state index in [2.05, 4.69) is 41.4 Å². The van der Waals surface area contributed by atoms with Gasteiger partial charge in [-0.15, -0.1) is 11.3 Å². The molecule has 0 atom stereocenters. The molecule has 33 heavy (non-hydrogen) atoms. The van der Waals surface area contributed by atoms with Gasteiger partial charge in [0, 0.05) is 11.1 Å². The first-order valence-electron chi connectivity index (χ1n) is 10.9. The number of allylic oxidation sites excluding steroid dienone is 1. The van der Waals surface area contributed by atoms with Gasteiger partial charge in [-0.2, -0.15) is 0 Å². The monoisotopic (exact) mass is 471 g/mol. The number of fused-ring (bicyclic) bond motifs is 1. The van der Waals surface area contributed by atoms with Gasteiger partial charge in [0.05, 0.1) is 15.7 Å². The van der Waals surface area contributed by atoms with Crippen molar-refractivity contribution in [1.29, 1.82) is 0 Å². The van der Waals surface area contributed by atoms with E-state index in [1.165, 1.54) is 12.0 Å². The Morgan fingerprint density at radius 1 is 1.03 bits per heavy atom. The summed E-state index contributed by atoms with van der Waals surface area (Å²) in [6.45, 7) is 0. The first kappa shape index (κ1) is 21.6. The number of halogens is 1. The van der Waals surface area contributed by atoms with Crippen molar-refractivity contribution in [1.82, 2.24) is 4.98 Å². The zero-order chi connectivity index (χ0) is 22.8. The minimum Gasteiger partial charge on any atom is -0.478 e. The second kappa shape index (κ2) is 9.34. The predicted molar refractivity (Wildman–Crippen MR) is 137 cm³/mol. The van der Waals surface area contributed by atoms with Crippen molar-refractivity contribution < 1.29 is 9.90 Å². The molecule has 0 amide bonds. The summed E-state index contributed by atoms with van der Waals surface area (Å²) in [4.78, 5) is 15.4.